The van der Waals surface area contributed by atoms with Crippen molar-refractivity contribution < 1.29 is 19.1 Å². The number of carbonyl (C=O) groups is 2. The molecule has 0 saturated heterocycles. The number of benzene rings is 2. The number of methoxy groups -OCH3 is 1. The minimum atomic E-state index is -0.493. The summed E-state index contributed by atoms with van der Waals surface area (Å²) in [7, 11) is 1.64. The lowest BCUT2D eigenvalue weighted by Crippen LogP contribution is -2.36. The van der Waals surface area contributed by atoms with Gasteiger partial charge in [-0.05, 0) is 60.2 Å². The molecule has 0 spiro atoms. The Bertz CT molecular complexity index is 1340. The fraction of sp³-hybridized carbons (Fsp3) is 0.258. The van der Waals surface area contributed by atoms with Crippen LogP contribution >= 0.6 is 0 Å². The van der Waals surface area contributed by atoms with Crippen LogP contribution in [0.2, 0.25) is 0 Å². The minimum Gasteiger partial charge on any atom is -0.497 e. The molecule has 1 aliphatic carbocycles. The van der Waals surface area contributed by atoms with Crippen molar-refractivity contribution in [1.82, 2.24) is 10.3 Å². The molecule has 2 aliphatic rings. The first-order chi connectivity index (χ1) is 18.0. The number of nitrogens with one attached hydrogen (secondary N) is 1. The second-order valence-electron chi connectivity index (χ2n) is 9.44. The molecule has 2 atom stereocenters. The standard InChI is InChI=1S/C31H30N2O4/c1-20-28(31(35)37-17-14-21-6-4-3-5-7-21)29(23-12-15-32-16-13-23)30-26(33-20)18-24(19-27(30)34)22-8-10-25(36-2)11-9-22/h3-13,15-16,24,29,33H,14,17-19H2,1-2H3/t24-,29+/m0/s1. The molecule has 0 amide bonds. The van der Waals surface area contributed by atoms with E-state index >= 15 is 0 Å². The molecule has 1 aliphatic heterocycles. The van der Waals surface area contributed by atoms with Crippen LogP contribution in [0, 0.1) is 0 Å². The zero-order chi connectivity index (χ0) is 25.8. The Hall–Kier alpha value is -4.19. The molecular weight excluding hydrogens is 464 g/mol. The predicted octanol–water partition coefficient (Wildman–Crippen LogP) is 5.24. The van der Waals surface area contributed by atoms with Crippen LogP contribution in [0.1, 0.15) is 48.3 Å². The SMILES string of the molecule is COc1ccc([C@@H]2CC(=O)C3=C(C2)NC(C)=C(C(=O)OCCc2ccccc2)[C@H]3c2ccncc2)cc1. The largest absolute Gasteiger partial charge is 0.497 e. The van der Waals surface area contributed by atoms with E-state index in [2.05, 4.69) is 10.3 Å². The van der Waals surface area contributed by atoms with Gasteiger partial charge in [-0.1, -0.05) is 42.5 Å². The summed E-state index contributed by atoms with van der Waals surface area (Å²) in [5.74, 6) is -0.0194. The Kier molecular flexibility index (Phi) is 7.17. The molecule has 3 aromatic rings. The Morgan fingerprint density at radius 3 is 2.41 bits per heavy atom. The maximum atomic E-state index is 13.7. The van der Waals surface area contributed by atoms with Gasteiger partial charge in [0.25, 0.3) is 0 Å². The van der Waals surface area contributed by atoms with Crippen molar-refractivity contribution in [3.05, 3.63) is 118 Å². The molecule has 0 fully saturated rings. The van der Waals surface area contributed by atoms with E-state index in [4.69, 9.17) is 9.47 Å². The van der Waals surface area contributed by atoms with Gasteiger partial charge in [0.2, 0.25) is 0 Å². The second kappa shape index (κ2) is 10.8. The number of pyridine rings is 1. The smallest absolute Gasteiger partial charge is 0.336 e. The summed E-state index contributed by atoms with van der Waals surface area (Å²) in [6, 6.07) is 21.5. The fourth-order valence-corrected chi connectivity index (χ4v) is 5.29. The highest BCUT2D eigenvalue weighted by Crippen LogP contribution is 2.45. The van der Waals surface area contributed by atoms with Crippen LogP contribution in [-0.4, -0.2) is 30.5 Å². The van der Waals surface area contributed by atoms with Crippen molar-refractivity contribution in [3.8, 4) is 5.75 Å². The molecule has 2 aromatic carbocycles. The number of hydrogen-bond acceptors (Lipinski definition) is 6. The first-order valence-electron chi connectivity index (χ1n) is 12.5. The number of carbonyl (C=O) groups excluding carboxylic acids is 2. The number of Topliss-reactive ketones (excluding diaryl/α,β-unsaturated/α-hetero) is 1. The lowest BCUT2D eigenvalue weighted by Gasteiger charge is -2.36. The van der Waals surface area contributed by atoms with E-state index in [-0.39, 0.29) is 18.3 Å². The first kappa shape index (κ1) is 24.5. The summed E-state index contributed by atoms with van der Waals surface area (Å²) in [5, 5.41) is 3.41. The van der Waals surface area contributed by atoms with E-state index in [9.17, 15) is 9.59 Å². The van der Waals surface area contributed by atoms with Crippen LogP contribution < -0.4 is 10.1 Å². The topological polar surface area (TPSA) is 77.5 Å². The van der Waals surface area contributed by atoms with Gasteiger partial charge in [0, 0.05) is 48.1 Å². The number of aromatic nitrogens is 1. The molecular formula is C31H30N2O4. The molecule has 0 bridgehead atoms. The number of ether oxygens (including phenoxy) is 2. The van der Waals surface area contributed by atoms with Crippen LogP contribution in [0.15, 0.2) is 102 Å². The van der Waals surface area contributed by atoms with Crippen LogP contribution in [0.4, 0.5) is 0 Å². The van der Waals surface area contributed by atoms with E-state index in [0.717, 1.165) is 28.1 Å². The summed E-state index contributed by atoms with van der Waals surface area (Å²) in [4.78, 5) is 31.3. The van der Waals surface area contributed by atoms with Gasteiger partial charge >= 0.3 is 5.97 Å². The molecule has 6 nitrogen and oxygen atoms in total. The highest BCUT2D eigenvalue weighted by atomic mass is 16.5. The highest BCUT2D eigenvalue weighted by molar-refractivity contribution is 6.04. The van der Waals surface area contributed by atoms with Crippen molar-refractivity contribution in [2.45, 2.75) is 38.0 Å². The average Bonchev–Trinajstić information content (AvgIpc) is 2.93. The quantitative estimate of drug-likeness (QED) is 0.453. The van der Waals surface area contributed by atoms with Gasteiger partial charge in [0.05, 0.1) is 19.3 Å². The maximum Gasteiger partial charge on any atom is 0.336 e. The van der Waals surface area contributed by atoms with Crippen molar-refractivity contribution in [2.75, 3.05) is 13.7 Å². The number of nitrogens with zero attached hydrogens (tertiary/aromatic N) is 1. The molecule has 6 heteroatoms. The van der Waals surface area contributed by atoms with Gasteiger partial charge in [-0.25, -0.2) is 4.79 Å². The molecule has 5 rings (SSSR count). The summed E-state index contributed by atoms with van der Waals surface area (Å²) < 4.78 is 11.0. The summed E-state index contributed by atoms with van der Waals surface area (Å²) in [6.45, 7) is 2.15. The number of rotatable bonds is 7. The van der Waals surface area contributed by atoms with Gasteiger partial charge < -0.3 is 14.8 Å². The van der Waals surface area contributed by atoms with Crippen molar-refractivity contribution in [1.29, 1.82) is 0 Å². The molecule has 188 valence electrons. The lowest BCUT2D eigenvalue weighted by molar-refractivity contribution is -0.139. The Morgan fingerprint density at radius 1 is 0.973 bits per heavy atom. The molecule has 0 unspecified atom stereocenters. The van der Waals surface area contributed by atoms with E-state index < -0.39 is 11.9 Å². The number of hydrogen-bond donors (Lipinski definition) is 1. The highest BCUT2D eigenvalue weighted by Gasteiger charge is 2.41. The second-order valence-corrected chi connectivity index (χ2v) is 9.44. The third-order valence-corrected chi connectivity index (χ3v) is 7.14. The monoisotopic (exact) mass is 494 g/mol. The van der Waals surface area contributed by atoms with Crippen molar-refractivity contribution in [3.63, 3.8) is 0 Å². The van der Waals surface area contributed by atoms with Crippen LogP contribution in [0.25, 0.3) is 0 Å². The number of allylic oxidation sites excluding steroid dienone is 3. The number of ketones is 1. The predicted molar refractivity (Wildman–Crippen MR) is 141 cm³/mol. The lowest BCUT2D eigenvalue weighted by atomic mass is 9.72. The van der Waals surface area contributed by atoms with Gasteiger partial charge in [0.1, 0.15) is 5.75 Å². The van der Waals surface area contributed by atoms with E-state index in [1.807, 2.05) is 73.7 Å². The minimum absolute atomic E-state index is 0.0402. The normalized spacial score (nSPS) is 19.2. The molecule has 1 N–H and O–H groups in total. The number of esters is 1. The van der Waals surface area contributed by atoms with E-state index in [0.29, 0.717) is 36.1 Å². The van der Waals surface area contributed by atoms with Crippen molar-refractivity contribution >= 4 is 11.8 Å². The van der Waals surface area contributed by atoms with Crippen molar-refractivity contribution in [2.24, 2.45) is 0 Å². The van der Waals surface area contributed by atoms with Crippen LogP contribution in [0.5, 0.6) is 5.75 Å². The molecule has 2 heterocycles. The first-order valence-corrected chi connectivity index (χ1v) is 12.5. The van der Waals surface area contributed by atoms with Crippen LogP contribution in [-0.2, 0) is 20.7 Å². The van der Waals surface area contributed by atoms with Gasteiger partial charge in [0.15, 0.2) is 5.78 Å². The molecule has 0 radical (unpaired) electrons. The molecule has 1 aromatic heterocycles. The summed E-state index contributed by atoms with van der Waals surface area (Å²) in [6.07, 6.45) is 5.08. The third-order valence-electron chi connectivity index (χ3n) is 7.14. The Labute approximate surface area is 217 Å². The Morgan fingerprint density at radius 2 is 1.70 bits per heavy atom. The summed E-state index contributed by atoms with van der Waals surface area (Å²) >= 11 is 0. The van der Waals surface area contributed by atoms with E-state index in [1.54, 1.807) is 19.5 Å². The molecule has 37 heavy (non-hydrogen) atoms. The summed E-state index contributed by atoms with van der Waals surface area (Å²) in [5.41, 5.74) is 5.77. The zero-order valence-corrected chi connectivity index (χ0v) is 21.1. The number of dihydropyridines is 1. The molecule has 0 saturated carbocycles. The zero-order valence-electron chi connectivity index (χ0n) is 21.1. The third kappa shape index (κ3) is 5.19. The fourth-order valence-electron chi connectivity index (χ4n) is 5.29. The van der Waals surface area contributed by atoms with E-state index in [1.165, 1.54) is 0 Å². The Balaban J connectivity index is 1.43. The van der Waals surface area contributed by atoms with Gasteiger partial charge in [-0.2, -0.15) is 0 Å². The van der Waals surface area contributed by atoms with Gasteiger partial charge in [-0.15, -0.1) is 0 Å². The maximum absolute atomic E-state index is 13.7. The van der Waals surface area contributed by atoms with Crippen LogP contribution in [0.3, 0.4) is 0 Å². The average molecular weight is 495 g/mol. The van der Waals surface area contributed by atoms with Gasteiger partial charge in [-0.3, -0.25) is 9.78 Å².